The monoisotopic (exact) mass is 372 g/mol. The van der Waals surface area contributed by atoms with Gasteiger partial charge >= 0.3 is 6.09 Å². The molecule has 0 aliphatic carbocycles. The summed E-state index contributed by atoms with van der Waals surface area (Å²) in [5.74, 6) is 1.55. The van der Waals surface area contributed by atoms with Crippen molar-refractivity contribution in [3.05, 3.63) is 11.5 Å². The van der Waals surface area contributed by atoms with Crippen LogP contribution >= 0.6 is 0 Å². The summed E-state index contributed by atoms with van der Waals surface area (Å²) in [6, 6.07) is 0. The van der Waals surface area contributed by atoms with Gasteiger partial charge in [-0.25, -0.2) is 4.79 Å². The third-order valence-electron chi connectivity index (χ3n) is 3.52. The number of hydrogen-bond donors (Lipinski definition) is 2. The molecule has 0 rings (SSSR count). The summed E-state index contributed by atoms with van der Waals surface area (Å²) in [7, 11) is 1.62. The molecular weight excluding hydrogens is 336 g/mol. The maximum absolute atomic E-state index is 12.0. The first-order valence-electron chi connectivity index (χ1n) is 9.16. The van der Waals surface area contributed by atoms with Crippen molar-refractivity contribution < 1.29 is 23.8 Å². The molecule has 0 saturated carbocycles. The molecule has 0 aromatic rings. The van der Waals surface area contributed by atoms with E-state index in [0.717, 1.165) is 12.2 Å². The van der Waals surface area contributed by atoms with Gasteiger partial charge in [0.2, 0.25) is 0 Å². The van der Waals surface area contributed by atoms with Crippen LogP contribution in [0.15, 0.2) is 11.5 Å². The van der Waals surface area contributed by atoms with Crippen LogP contribution in [0.3, 0.4) is 0 Å². The molecule has 0 fully saturated rings. The number of hydrogen-bond acceptors (Lipinski definition) is 5. The first-order chi connectivity index (χ1) is 12.0. The Morgan fingerprint density at radius 3 is 2.04 bits per heavy atom. The fourth-order valence-electron chi connectivity index (χ4n) is 2.13. The van der Waals surface area contributed by atoms with E-state index < -0.39 is 11.7 Å². The topological polar surface area (TPSA) is 85.9 Å². The van der Waals surface area contributed by atoms with Crippen molar-refractivity contribution in [3.8, 4) is 0 Å². The molecule has 7 nitrogen and oxygen atoms in total. The number of rotatable bonds is 10. The van der Waals surface area contributed by atoms with Gasteiger partial charge in [-0.15, -0.1) is 0 Å². The molecule has 0 radical (unpaired) electrons. The molecule has 0 bridgehead atoms. The minimum absolute atomic E-state index is 0.0940. The molecule has 0 aromatic heterocycles. The van der Waals surface area contributed by atoms with Gasteiger partial charge in [0.15, 0.2) is 6.61 Å². The number of allylic oxidation sites excluding steroid dienone is 2. The summed E-state index contributed by atoms with van der Waals surface area (Å²) >= 11 is 0. The van der Waals surface area contributed by atoms with Gasteiger partial charge in [-0.3, -0.25) is 4.79 Å². The second kappa shape index (κ2) is 11.6. The third kappa shape index (κ3) is 10.2. The Hall–Kier alpha value is -1.92. The summed E-state index contributed by atoms with van der Waals surface area (Å²) in [6.45, 7) is 14.0. The normalized spacial score (nSPS) is 13.6. The van der Waals surface area contributed by atoms with E-state index in [4.69, 9.17) is 14.2 Å². The number of alkyl carbamates (subject to hydrolysis) is 1. The Balaban J connectivity index is 4.38. The van der Waals surface area contributed by atoms with E-state index in [1.165, 1.54) is 0 Å². The molecular formula is C19H36N2O5. The van der Waals surface area contributed by atoms with Crippen LogP contribution in [0.1, 0.15) is 54.9 Å². The molecule has 7 heteroatoms. The predicted molar refractivity (Wildman–Crippen MR) is 102 cm³/mol. The maximum atomic E-state index is 12.0. The van der Waals surface area contributed by atoms with Crippen molar-refractivity contribution in [3.63, 3.8) is 0 Å². The summed E-state index contributed by atoms with van der Waals surface area (Å²) in [4.78, 5) is 23.5. The summed E-state index contributed by atoms with van der Waals surface area (Å²) in [5, 5.41) is 5.28. The lowest BCUT2D eigenvalue weighted by Gasteiger charge is -2.21. The molecule has 2 amide bonds. The zero-order valence-electron chi connectivity index (χ0n) is 17.5. The van der Waals surface area contributed by atoms with E-state index in [1.54, 1.807) is 27.9 Å². The molecule has 0 aliphatic rings. The molecule has 0 saturated heterocycles. The molecule has 26 heavy (non-hydrogen) atoms. The van der Waals surface area contributed by atoms with Crippen molar-refractivity contribution in [1.29, 1.82) is 0 Å². The smallest absolute Gasteiger partial charge is 0.407 e. The molecule has 2 N–H and O–H groups in total. The van der Waals surface area contributed by atoms with Crippen LogP contribution in [0.25, 0.3) is 0 Å². The van der Waals surface area contributed by atoms with Crippen LogP contribution in [0, 0.1) is 11.8 Å². The zero-order valence-corrected chi connectivity index (χ0v) is 17.5. The Kier molecular flexibility index (Phi) is 10.8. The van der Waals surface area contributed by atoms with Gasteiger partial charge in [0.05, 0.1) is 7.11 Å². The number of methoxy groups -OCH3 is 1. The lowest BCUT2D eigenvalue weighted by atomic mass is 10.0. The van der Waals surface area contributed by atoms with E-state index in [0.29, 0.717) is 12.3 Å². The number of carbonyl (C=O) groups is 2. The Bertz CT molecular complexity index is 481. The quantitative estimate of drug-likeness (QED) is 0.454. The average Bonchev–Trinajstić information content (AvgIpc) is 2.52. The maximum Gasteiger partial charge on any atom is 0.407 e. The molecule has 1 atom stereocenters. The fraction of sp³-hybridized carbons (Fsp3) is 0.789. The predicted octanol–water partition coefficient (Wildman–Crippen LogP) is 3.20. The summed E-state index contributed by atoms with van der Waals surface area (Å²) in [5.41, 5.74) is -0.546. The van der Waals surface area contributed by atoms with E-state index >= 15 is 0 Å². The average molecular weight is 373 g/mol. The molecule has 0 aliphatic heterocycles. The molecule has 1 unspecified atom stereocenters. The minimum atomic E-state index is -0.546. The zero-order chi connectivity index (χ0) is 20.3. The Morgan fingerprint density at radius 1 is 1.00 bits per heavy atom. The van der Waals surface area contributed by atoms with E-state index in [2.05, 4.69) is 24.5 Å². The second-order valence-electron chi connectivity index (χ2n) is 7.46. The Labute approximate surface area is 157 Å². The highest BCUT2D eigenvalue weighted by molar-refractivity contribution is 5.77. The van der Waals surface area contributed by atoms with Crippen molar-refractivity contribution in [2.45, 2.75) is 60.5 Å². The first-order valence-corrected chi connectivity index (χ1v) is 9.16. The minimum Gasteiger partial charge on any atom is -0.497 e. The van der Waals surface area contributed by atoms with Crippen LogP contribution in [-0.2, 0) is 19.0 Å². The lowest BCUT2D eigenvalue weighted by molar-refractivity contribution is -0.124. The molecule has 0 heterocycles. The number of ether oxygens (including phenoxy) is 3. The third-order valence-corrected chi connectivity index (χ3v) is 3.52. The van der Waals surface area contributed by atoms with Gasteiger partial charge in [-0.2, -0.15) is 0 Å². The largest absolute Gasteiger partial charge is 0.497 e. The van der Waals surface area contributed by atoms with Crippen molar-refractivity contribution in [2.24, 2.45) is 11.8 Å². The number of nitrogens with one attached hydrogen (secondary N) is 2. The Morgan fingerprint density at radius 2 is 1.58 bits per heavy atom. The van der Waals surface area contributed by atoms with E-state index in [1.807, 2.05) is 13.8 Å². The van der Waals surface area contributed by atoms with Crippen LogP contribution in [0.2, 0.25) is 0 Å². The highest BCUT2D eigenvalue weighted by atomic mass is 16.6. The number of amides is 2. The standard InChI is InChI=1S/C19H36N2O5/c1-9-14(4)17(24-8)16(13(2)3)25-12-15(22)20-10-11-21-18(23)26-19(5,6)7/h13-14H,9-12H2,1-8H3,(H,20,22)(H,21,23)/b17-16-. The van der Waals surface area contributed by atoms with E-state index in [-0.39, 0.29) is 30.9 Å². The highest BCUT2D eigenvalue weighted by Gasteiger charge is 2.19. The highest BCUT2D eigenvalue weighted by Crippen LogP contribution is 2.25. The van der Waals surface area contributed by atoms with Crippen LogP contribution in [-0.4, -0.2) is 44.4 Å². The molecule has 0 aromatic carbocycles. The van der Waals surface area contributed by atoms with Gasteiger partial charge in [0, 0.05) is 24.9 Å². The SMILES string of the molecule is CCC(C)/C(OC)=C(/OCC(=O)NCCNC(=O)OC(C)(C)C)C(C)C. The number of carbonyl (C=O) groups excluding carboxylic acids is 2. The van der Waals surface area contributed by atoms with Crippen molar-refractivity contribution in [2.75, 3.05) is 26.8 Å². The van der Waals surface area contributed by atoms with Gasteiger partial charge in [0.25, 0.3) is 5.91 Å². The van der Waals surface area contributed by atoms with Gasteiger partial charge < -0.3 is 24.8 Å². The first kappa shape index (κ1) is 24.1. The van der Waals surface area contributed by atoms with Gasteiger partial charge in [0.1, 0.15) is 17.1 Å². The second-order valence-corrected chi connectivity index (χ2v) is 7.46. The summed E-state index contributed by atoms with van der Waals surface area (Å²) in [6.07, 6.45) is 0.414. The van der Waals surface area contributed by atoms with Gasteiger partial charge in [-0.05, 0) is 27.2 Å². The van der Waals surface area contributed by atoms with Crippen molar-refractivity contribution in [1.82, 2.24) is 10.6 Å². The summed E-state index contributed by atoms with van der Waals surface area (Å²) < 4.78 is 16.3. The molecule has 0 spiro atoms. The molecule has 152 valence electrons. The van der Waals surface area contributed by atoms with Crippen LogP contribution in [0.4, 0.5) is 4.79 Å². The van der Waals surface area contributed by atoms with E-state index in [9.17, 15) is 9.59 Å². The fourth-order valence-corrected chi connectivity index (χ4v) is 2.13. The van der Waals surface area contributed by atoms with Crippen molar-refractivity contribution >= 4 is 12.0 Å². The van der Waals surface area contributed by atoms with Gasteiger partial charge in [-0.1, -0.05) is 27.7 Å². The lowest BCUT2D eigenvalue weighted by Crippen LogP contribution is -2.38. The van der Waals surface area contributed by atoms with Crippen LogP contribution < -0.4 is 10.6 Å². The van der Waals surface area contributed by atoms with Crippen LogP contribution in [0.5, 0.6) is 0 Å².